The average Bonchev–Trinajstić information content (AvgIpc) is 2.98. The summed E-state index contributed by atoms with van der Waals surface area (Å²) in [6, 6.07) is 18.4. The fourth-order valence-electron chi connectivity index (χ4n) is 5.16. The van der Waals surface area contributed by atoms with Gasteiger partial charge in [0.2, 0.25) is 11.9 Å². The van der Waals surface area contributed by atoms with E-state index in [9.17, 15) is 9.18 Å². The number of hydrogen-bond acceptors (Lipinski definition) is 7. The van der Waals surface area contributed by atoms with Crippen molar-refractivity contribution in [2.45, 2.75) is 13.5 Å². The fourth-order valence-corrected chi connectivity index (χ4v) is 5.44. The van der Waals surface area contributed by atoms with Gasteiger partial charge in [0.25, 0.3) is 5.56 Å². The van der Waals surface area contributed by atoms with Crippen molar-refractivity contribution in [3.63, 3.8) is 0 Å². The highest BCUT2D eigenvalue weighted by molar-refractivity contribution is 6.33. The second-order valence-corrected chi connectivity index (χ2v) is 10.5. The van der Waals surface area contributed by atoms with Crippen molar-refractivity contribution in [1.82, 2.24) is 24.4 Å². The van der Waals surface area contributed by atoms with Crippen LogP contribution in [-0.2, 0) is 6.54 Å². The van der Waals surface area contributed by atoms with Gasteiger partial charge in [-0.15, -0.1) is 0 Å². The molecular weight excluding hydrogens is 541 g/mol. The smallest absolute Gasteiger partial charge is 0.260 e. The topological polar surface area (TPSA) is 79.2 Å². The highest BCUT2D eigenvalue weighted by Gasteiger charge is 2.17. The molecule has 1 N–H and O–H groups in total. The maximum Gasteiger partial charge on any atom is 0.260 e. The van der Waals surface area contributed by atoms with Crippen molar-refractivity contribution in [1.29, 1.82) is 0 Å². The molecule has 0 atom stereocenters. The largest absolute Gasteiger partial charge is 0.369 e. The van der Waals surface area contributed by atoms with E-state index in [4.69, 9.17) is 11.6 Å². The third-order valence-corrected chi connectivity index (χ3v) is 7.78. The summed E-state index contributed by atoms with van der Waals surface area (Å²) in [4.78, 5) is 31.2. The number of nitrogens with zero attached hydrogens (tertiary/aromatic N) is 6. The van der Waals surface area contributed by atoms with Gasteiger partial charge in [-0.3, -0.25) is 9.36 Å². The Morgan fingerprint density at radius 1 is 0.951 bits per heavy atom. The number of halogens is 2. The molecule has 208 valence electrons. The minimum absolute atomic E-state index is 0.219. The van der Waals surface area contributed by atoms with Crippen LogP contribution in [0.4, 0.5) is 21.7 Å². The first-order chi connectivity index (χ1) is 19.9. The normalized spacial score (nSPS) is 14.0. The summed E-state index contributed by atoms with van der Waals surface area (Å²) >= 11 is 6.63. The summed E-state index contributed by atoms with van der Waals surface area (Å²) in [5, 5.41) is 4.31. The highest BCUT2D eigenvalue weighted by Crippen LogP contribution is 2.33. The standard InChI is InChI=1S/C31H29ClFN7O/c1-3-40-29-21(17-26(30(40)41)25-11-6-20(18-27(25)32)24-5-4-12-34-28(24)33)19-35-31(37-29)36-22-7-9-23(10-8-22)39-15-13-38(2)14-16-39/h4-12,17-19H,3,13-16H2,1-2H3,(H,35,36,37). The Morgan fingerprint density at radius 2 is 1.73 bits per heavy atom. The Hall–Kier alpha value is -4.34. The van der Waals surface area contributed by atoms with Gasteiger partial charge in [-0.25, -0.2) is 9.97 Å². The lowest BCUT2D eigenvalue weighted by molar-refractivity contribution is 0.313. The molecule has 1 aliphatic rings. The molecule has 8 nitrogen and oxygen atoms in total. The lowest BCUT2D eigenvalue weighted by Crippen LogP contribution is -2.44. The molecule has 10 heteroatoms. The van der Waals surface area contributed by atoms with Crippen LogP contribution in [0, 0.1) is 5.95 Å². The molecular formula is C31H29ClFN7O. The van der Waals surface area contributed by atoms with E-state index < -0.39 is 5.95 Å². The van der Waals surface area contributed by atoms with E-state index in [1.54, 1.807) is 47.2 Å². The van der Waals surface area contributed by atoms with Crippen LogP contribution in [0.1, 0.15) is 6.92 Å². The molecule has 2 aromatic carbocycles. The summed E-state index contributed by atoms with van der Waals surface area (Å²) in [5.41, 5.74) is 4.25. The van der Waals surface area contributed by atoms with E-state index >= 15 is 0 Å². The van der Waals surface area contributed by atoms with Gasteiger partial charge in [-0.2, -0.15) is 9.37 Å². The molecule has 0 radical (unpaired) electrons. The van der Waals surface area contributed by atoms with E-state index in [1.165, 1.54) is 11.9 Å². The SMILES string of the molecule is CCn1c(=O)c(-c2ccc(-c3cccnc3F)cc2Cl)cc2cnc(Nc3ccc(N4CCN(C)CC4)cc3)nc21. The molecule has 0 saturated carbocycles. The van der Waals surface area contributed by atoms with E-state index in [0.717, 1.165) is 31.9 Å². The summed E-state index contributed by atoms with van der Waals surface area (Å²) < 4.78 is 15.8. The number of nitrogens with one attached hydrogen (secondary N) is 1. The van der Waals surface area contributed by atoms with Crippen LogP contribution < -0.4 is 15.8 Å². The summed E-state index contributed by atoms with van der Waals surface area (Å²) in [6.45, 7) is 6.42. The Balaban J connectivity index is 1.29. The van der Waals surface area contributed by atoms with Gasteiger partial charge in [-0.05, 0) is 68.1 Å². The molecule has 0 aliphatic carbocycles. The van der Waals surface area contributed by atoms with Crippen LogP contribution in [0.3, 0.4) is 0 Å². The molecule has 3 aromatic heterocycles. The van der Waals surface area contributed by atoms with Gasteiger partial charge in [0, 0.05) is 83.6 Å². The maximum absolute atomic E-state index is 14.2. The Bertz CT molecular complexity index is 1780. The molecule has 4 heterocycles. The zero-order valence-corrected chi connectivity index (χ0v) is 23.6. The lowest BCUT2D eigenvalue weighted by Gasteiger charge is -2.34. The van der Waals surface area contributed by atoms with Crippen molar-refractivity contribution in [3.05, 3.63) is 94.4 Å². The highest BCUT2D eigenvalue weighted by atomic mass is 35.5. The average molecular weight is 570 g/mol. The first-order valence-electron chi connectivity index (χ1n) is 13.5. The zero-order valence-electron chi connectivity index (χ0n) is 22.8. The van der Waals surface area contributed by atoms with Crippen molar-refractivity contribution < 1.29 is 4.39 Å². The molecule has 41 heavy (non-hydrogen) atoms. The number of piperazine rings is 1. The van der Waals surface area contributed by atoms with Crippen molar-refractivity contribution in [2.75, 3.05) is 43.4 Å². The number of likely N-dealkylation sites (N-methyl/N-ethyl adjacent to an activating group) is 1. The van der Waals surface area contributed by atoms with Crippen molar-refractivity contribution in [2.24, 2.45) is 0 Å². The fraction of sp³-hybridized carbons (Fsp3) is 0.226. The number of rotatable bonds is 6. The monoisotopic (exact) mass is 569 g/mol. The molecule has 1 fully saturated rings. The molecule has 1 saturated heterocycles. The third-order valence-electron chi connectivity index (χ3n) is 7.46. The van der Waals surface area contributed by atoms with Crippen LogP contribution in [-0.4, -0.2) is 57.6 Å². The van der Waals surface area contributed by atoms with Gasteiger partial charge < -0.3 is 15.1 Å². The third kappa shape index (κ3) is 5.38. The molecule has 0 amide bonds. The number of anilines is 3. The van der Waals surface area contributed by atoms with Crippen LogP contribution in [0.2, 0.25) is 5.02 Å². The molecule has 0 spiro atoms. The molecule has 6 rings (SSSR count). The summed E-state index contributed by atoms with van der Waals surface area (Å²) in [7, 11) is 2.15. The van der Waals surface area contributed by atoms with Gasteiger partial charge in [0.15, 0.2) is 0 Å². The number of hydrogen-bond donors (Lipinski definition) is 1. The Kier molecular flexibility index (Phi) is 7.38. The second-order valence-electron chi connectivity index (χ2n) is 10.1. The lowest BCUT2D eigenvalue weighted by atomic mass is 10.0. The Morgan fingerprint density at radius 3 is 2.44 bits per heavy atom. The maximum atomic E-state index is 14.2. The molecule has 0 bridgehead atoms. The minimum Gasteiger partial charge on any atom is -0.369 e. The van der Waals surface area contributed by atoms with Crippen molar-refractivity contribution >= 4 is 40.0 Å². The van der Waals surface area contributed by atoms with E-state index in [1.807, 2.05) is 19.1 Å². The summed E-state index contributed by atoms with van der Waals surface area (Å²) in [6.07, 6.45) is 3.09. The van der Waals surface area contributed by atoms with Crippen LogP contribution >= 0.6 is 11.6 Å². The molecule has 0 unspecified atom stereocenters. The van der Waals surface area contributed by atoms with E-state index in [-0.39, 0.29) is 5.56 Å². The quantitative estimate of drug-likeness (QED) is 0.258. The van der Waals surface area contributed by atoms with Crippen LogP contribution in [0.15, 0.2) is 77.9 Å². The number of aryl methyl sites for hydroxylation is 1. The zero-order chi connectivity index (χ0) is 28.5. The predicted octanol–water partition coefficient (Wildman–Crippen LogP) is 5.83. The van der Waals surface area contributed by atoms with E-state index in [2.05, 4.69) is 49.2 Å². The number of fused-ring (bicyclic) bond motifs is 1. The summed E-state index contributed by atoms with van der Waals surface area (Å²) in [5.74, 6) is -0.178. The Labute approximate surface area is 242 Å². The van der Waals surface area contributed by atoms with Crippen molar-refractivity contribution in [3.8, 4) is 22.3 Å². The number of benzene rings is 2. The van der Waals surface area contributed by atoms with Gasteiger partial charge in [0.05, 0.1) is 0 Å². The van der Waals surface area contributed by atoms with Gasteiger partial charge in [-0.1, -0.05) is 23.7 Å². The van der Waals surface area contributed by atoms with Crippen LogP contribution in [0.25, 0.3) is 33.3 Å². The number of aromatic nitrogens is 4. The van der Waals surface area contributed by atoms with E-state index in [0.29, 0.717) is 50.8 Å². The first kappa shape index (κ1) is 26.9. The first-order valence-corrected chi connectivity index (χ1v) is 13.9. The second kappa shape index (κ2) is 11.3. The van der Waals surface area contributed by atoms with Crippen LogP contribution in [0.5, 0.6) is 0 Å². The van der Waals surface area contributed by atoms with Gasteiger partial charge in [0.1, 0.15) is 5.65 Å². The molecule has 5 aromatic rings. The minimum atomic E-state index is -0.581. The predicted molar refractivity (Wildman–Crippen MR) is 163 cm³/mol. The van der Waals surface area contributed by atoms with Gasteiger partial charge >= 0.3 is 0 Å². The molecule has 1 aliphatic heterocycles. The number of pyridine rings is 2.